The van der Waals surface area contributed by atoms with E-state index in [0.29, 0.717) is 10.9 Å². The van der Waals surface area contributed by atoms with Gasteiger partial charge < -0.3 is 34.5 Å². The number of nitrogens with one attached hydrogen (secondary N) is 1. The van der Waals surface area contributed by atoms with Crippen LogP contribution in [0.5, 0.6) is 0 Å². The van der Waals surface area contributed by atoms with Gasteiger partial charge in [-0.25, -0.2) is 22.9 Å². The van der Waals surface area contributed by atoms with Crippen molar-refractivity contribution < 1.29 is 65.8 Å². The molecule has 0 radical (unpaired) electrons. The van der Waals surface area contributed by atoms with E-state index in [2.05, 4.69) is 18.2 Å². The zero-order valence-electron chi connectivity index (χ0n) is 16.6. The predicted octanol–water partition coefficient (Wildman–Crippen LogP) is -2.37. The van der Waals surface area contributed by atoms with Gasteiger partial charge in [-0.05, 0) is 6.92 Å². The highest BCUT2D eigenvalue weighted by atomic mass is 31.3. The number of nitrogens with zero attached hydrogens (tertiary/aromatic N) is 2. The fourth-order valence-electron chi connectivity index (χ4n) is 2.74. The minimum absolute atomic E-state index is 0.315. The van der Waals surface area contributed by atoms with Crippen LogP contribution in [0, 0.1) is 11.8 Å². The lowest BCUT2D eigenvalue weighted by Gasteiger charge is -2.26. The Morgan fingerprint density at radius 2 is 1.88 bits per heavy atom. The number of rotatable bonds is 8. The molecule has 0 amide bonds. The maximum Gasteiger partial charge on any atom is 0.490 e. The fraction of sp³-hybridized carbons (Fsp3) is 0.583. The predicted molar refractivity (Wildman–Crippen MR) is 102 cm³/mol. The van der Waals surface area contributed by atoms with Gasteiger partial charge in [0.2, 0.25) is 5.60 Å². The molecule has 1 saturated heterocycles. The lowest BCUT2D eigenvalue weighted by molar-refractivity contribution is -0.0933. The zero-order valence-corrected chi connectivity index (χ0v) is 19.2. The quantitative estimate of drug-likeness (QED) is 0.130. The highest BCUT2D eigenvalue weighted by Crippen LogP contribution is 2.66. The van der Waals surface area contributed by atoms with Crippen LogP contribution in [0.3, 0.4) is 0 Å². The third-order valence-corrected chi connectivity index (χ3v) is 7.84. The summed E-state index contributed by atoms with van der Waals surface area (Å²) in [5.74, 6) is 3.71. The number of alkyl halides is 1. The average Bonchev–Trinajstić information content (AvgIpc) is 2.88. The molecule has 2 heterocycles. The van der Waals surface area contributed by atoms with Gasteiger partial charge in [0.15, 0.2) is 6.23 Å². The minimum atomic E-state index is -5.86. The van der Waals surface area contributed by atoms with Crippen molar-refractivity contribution in [2.45, 2.75) is 37.1 Å². The number of phosphoric ester groups is 1. The van der Waals surface area contributed by atoms with Crippen molar-refractivity contribution in [1.82, 2.24) is 14.8 Å². The second-order valence-electron chi connectivity index (χ2n) is 6.44. The molecule has 3 unspecified atom stereocenters. The molecule has 1 aromatic rings. The van der Waals surface area contributed by atoms with Crippen LogP contribution in [0.15, 0.2) is 15.8 Å². The van der Waals surface area contributed by atoms with Gasteiger partial charge in [0.25, 0.3) is 5.56 Å². The number of aromatic nitrogens is 3. The van der Waals surface area contributed by atoms with E-state index in [-0.39, 0.29) is 0 Å². The Balaban J connectivity index is 2.35. The summed E-state index contributed by atoms with van der Waals surface area (Å²) in [6, 6.07) is 0. The van der Waals surface area contributed by atoms with Gasteiger partial charge in [0, 0.05) is 0 Å². The highest BCUT2D eigenvalue weighted by molar-refractivity contribution is 7.66. The molecule has 0 saturated carbocycles. The van der Waals surface area contributed by atoms with Crippen molar-refractivity contribution in [3.8, 4) is 11.8 Å². The molecular formula is C12H17FN3O15P3. The first-order chi connectivity index (χ1) is 15.4. The summed E-state index contributed by atoms with van der Waals surface area (Å²) >= 11 is 0. The first-order valence-corrected chi connectivity index (χ1v) is 13.0. The molecule has 0 spiro atoms. The smallest absolute Gasteiger partial charge is 0.386 e. The van der Waals surface area contributed by atoms with Crippen molar-refractivity contribution in [1.29, 1.82) is 0 Å². The van der Waals surface area contributed by atoms with Gasteiger partial charge in [-0.3, -0.25) is 14.3 Å². The Morgan fingerprint density at radius 1 is 1.26 bits per heavy atom. The lowest BCUT2D eigenvalue weighted by atomic mass is 9.93. The topological polar surface area (TPSA) is 277 Å². The summed E-state index contributed by atoms with van der Waals surface area (Å²) < 4.78 is 63.9. The molecule has 1 aromatic heterocycles. The zero-order chi connectivity index (χ0) is 26.1. The summed E-state index contributed by atoms with van der Waals surface area (Å²) in [5.41, 5.74) is -5.01. The lowest BCUT2D eigenvalue weighted by Crippen LogP contribution is -2.49. The van der Waals surface area contributed by atoms with Crippen LogP contribution in [0.1, 0.15) is 13.2 Å². The summed E-state index contributed by atoms with van der Waals surface area (Å²) in [6.45, 7) is -0.418. The molecule has 2 rings (SSSR count). The van der Waals surface area contributed by atoms with Crippen molar-refractivity contribution in [3.05, 3.63) is 27.0 Å². The van der Waals surface area contributed by atoms with E-state index in [0.717, 1.165) is 6.92 Å². The van der Waals surface area contributed by atoms with Crippen LogP contribution in [0.4, 0.5) is 4.39 Å². The van der Waals surface area contributed by atoms with Gasteiger partial charge in [-0.15, -0.1) is 0 Å². The third-order valence-electron chi connectivity index (χ3n) is 3.92. The van der Waals surface area contributed by atoms with Crippen molar-refractivity contribution in [3.63, 3.8) is 0 Å². The molecule has 18 nitrogen and oxygen atoms in total. The van der Waals surface area contributed by atoms with E-state index in [1.54, 1.807) is 10.9 Å². The Morgan fingerprint density at radius 3 is 2.41 bits per heavy atom. The van der Waals surface area contributed by atoms with Gasteiger partial charge in [-0.2, -0.15) is 18.4 Å². The number of ether oxygens (including phenoxy) is 1. The molecule has 0 aliphatic carbocycles. The molecule has 1 fully saturated rings. The van der Waals surface area contributed by atoms with E-state index in [9.17, 15) is 47.7 Å². The Kier molecular flexibility index (Phi) is 8.56. The van der Waals surface area contributed by atoms with Crippen LogP contribution in [0.25, 0.3) is 0 Å². The van der Waals surface area contributed by atoms with Crippen LogP contribution < -0.4 is 11.2 Å². The van der Waals surface area contributed by atoms with Crippen molar-refractivity contribution >= 4 is 23.5 Å². The molecule has 192 valence electrons. The second kappa shape index (κ2) is 10.2. The number of H-pyrrole nitrogens is 1. The average molecular weight is 555 g/mol. The summed E-state index contributed by atoms with van der Waals surface area (Å²) in [7, 11) is -17.2. The molecule has 7 atom stereocenters. The molecule has 34 heavy (non-hydrogen) atoms. The highest BCUT2D eigenvalue weighted by Gasteiger charge is 2.59. The molecular weight excluding hydrogens is 538 g/mol. The first-order valence-electron chi connectivity index (χ1n) is 8.53. The Bertz CT molecular complexity index is 1230. The fourth-order valence-corrected chi connectivity index (χ4v) is 5.94. The van der Waals surface area contributed by atoms with Gasteiger partial charge in [0.05, 0.1) is 6.10 Å². The summed E-state index contributed by atoms with van der Waals surface area (Å²) in [6.07, 6.45) is -7.43. The summed E-state index contributed by atoms with van der Waals surface area (Å²) in [5, 5.41) is 24.8. The third kappa shape index (κ3) is 6.97. The number of aliphatic hydroxyl groups excluding tert-OH is 1. The second-order valence-corrected chi connectivity index (χ2v) is 10.8. The van der Waals surface area contributed by atoms with Crippen molar-refractivity contribution in [2.24, 2.45) is 0 Å². The number of phosphoric acid groups is 3. The van der Waals surface area contributed by atoms with E-state index >= 15 is 0 Å². The molecule has 7 N–H and O–H groups in total. The SMILES string of the molecule is C[C@@H](OP(=O)(O)OP(=O)(O)OP(=O)(O)O)[C@H]1O[C@@H](n2ncc(=O)[nH]c2=O)C(O)(C#CCF)[C@H]1O. The summed E-state index contributed by atoms with van der Waals surface area (Å²) in [4.78, 5) is 61.0. The molecule has 0 bridgehead atoms. The number of aliphatic hydroxyl groups is 2. The standard InChI is InChI=1S/C12H17FN3O15P3/c1-6(29-33(24,25)31-34(26,27)30-32(21,22)23)8-9(18)12(20,3-2-4-13)10(28-8)16-11(19)15-7(17)5-14-16/h5-6,8-10,18,20H,4H2,1H3,(H,24,25)(H,26,27)(H,15,17,19)(H2,21,22,23)/t6-,8-,9+,10-,12?/m1/s1. The van der Waals surface area contributed by atoms with Gasteiger partial charge in [-0.1, -0.05) is 11.8 Å². The van der Waals surface area contributed by atoms with Crippen LogP contribution >= 0.6 is 23.5 Å². The molecule has 0 aromatic carbocycles. The normalized spacial score (nSPS) is 29.5. The van der Waals surface area contributed by atoms with Crippen LogP contribution in [0.2, 0.25) is 0 Å². The van der Waals surface area contributed by atoms with E-state index in [1.165, 1.54) is 0 Å². The maximum absolute atomic E-state index is 12.6. The Hall–Kier alpha value is -1.61. The van der Waals surface area contributed by atoms with E-state index < -0.39 is 71.5 Å². The maximum atomic E-state index is 12.6. The number of hydrogen-bond donors (Lipinski definition) is 7. The number of aromatic amines is 1. The van der Waals surface area contributed by atoms with E-state index in [4.69, 9.17) is 14.5 Å². The van der Waals surface area contributed by atoms with E-state index in [1.807, 2.05) is 5.92 Å². The monoisotopic (exact) mass is 555 g/mol. The Labute approximate surface area is 187 Å². The van der Waals surface area contributed by atoms with Gasteiger partial charge >= 0.3 is 29.2 Å². The molecule has 22 heteroatoms. The van der Waals surface area contributed by atoms with Gasteiger partial charge in [0.1, 0.15) is 25.1 Å². The minimum Gasteiger partial charge on any atom is -0.386 e. The van der Waals surface area contributed by atoms with Crippen LogP contribution in [-0.2, 0) is 31.6 Å². The number of hydrogen-bond acceptors (Lipinski definition) is 12. The molecule has 1 aliphatic heterocycles. The largest absolute Gasteiger partial charge is 0.490 e. The van der Waals surface area contributed by atoms with Crippen molar-refractivity contribution in [2.75, 3.05) is 6.67 Å². The molecule has 1 aliphatic rings. The number of halogens is 1. The van der Waals surface area contributed by atoms with Crippen LogP contribution in [-0.4, -0.2) is 75.1 Å². The first kappa shape index (κ1) is 28.6.